The van der Waals surface area contributed by atoms with Crippen LogP contribution >= 0.6 is 0 Å². The highest BCUT2D eigenvalue weighted by molar-refractivity contribution is 7.89. The van der Waals surface area contributed by atoms with Crippen LogP contribution in [0.15, 0.2) is 96.2 Å². The third-order valence-corrected chi connectivity index (χ3v) is 9.00. The largest absolute Gasteiger partial charge is 0.348 e. The number of imidazole rings is 1. The normalized spacial score (nSPS) is 14.8. The van der Waals surface area contributed by atoms with Gasteiger partial charge in [0, 0.05) is 63.8 Å². The van der Waals surface area contributed by atoms with E-state index >= 15 is 0 Å². The van der Waals surface area contributed by atoms with Crippen LogP contribution in [0.5, 0.6) is 0 Å². The fourth-order valence-electron chi connectivity index (χ4n) is 4.70. The standard InChI is InChI=1S/C30H33N5O3S/c1-24-31-15-16-34(24)23-27-9-7-25(8-10-27)21-32-30(36)28-13-11-26(12-14-28)22-33-17-19-35(20-18-33)39(37,38)29-5-3-2-4-6-29/h2-16H,17-23H2,1H3,(H,32,36). The zero-order valence-electron chi connectivity index (χ0n) is 22.0. The third kappa shape index (κ3) is 6.62. The fraction of sp³-hybridized carbons (Fsp3) is 0.267. The number of hydrogen-bond donors (Lipinski definition) is 1. The highest BCUT2D eigenvalue weighted by Crippen LogP contribution is 2.18. The van der Waals surface area contributed by atoms with E-state index in [0.717, 1.165) is 23.5 Å². The lowest BCUT2D eigenvalue weighted by molar-refractivity contribution is 0.0951. The van der Waals surface area contributed by atoms with Crippen molar-refractivity contribution in [1.29, 1.82) is 0 Å². The van der Waals surface area contributed by atoms with E-state index in [-0.39, 0.29) is 5.91 Å². The smallest absolute Gasteiger partial charge is 0.251 e. The predicted octanol–water partition coefficient (Wildman–Crippen LogP) is 3.68. The van der Waals surface area contributed by atoms with Crippen LogP contribution in [0.4, 0.5) is 0 Å². The fourth-order valence-corrected chi connectivity index (χ4v) is 6.15. The molecule has 0 spiro atoms. The van der Waals surface area contributed by atoms with Gasteiger partial charge in [0.15, 0.2) is 0 Å². The SMILES string of the molecule is Cc1nccn1Cc1ccc(CNC(=O)c2ccc(CN3CCN(S(=O)(=O)c4ccccc4)CC3)cc2)cc1. The second kappa shape index (κ2) is 11.9. The van der Waals surface area contributed by atoms with Gasteiger partial charge in [-0.05, 0) is 47.9 Å². The van der Waals surface area contributed by atoms with E-state index in [1.54, 1.807) is 34.8 Å². The van der Waals surface area contributed by atoms with Gasteiger partial charge in [-0.15, -0.1) is 0 Å². The summed E-state index contributed by atoms with van der Waals surface area (Å²) in [5.74, 6) is 0.869. The number of aromatic nitrogens is 2. The Morgan fingerprint density at radius 1 is 0.821 bits per heavy atom. The number of nitrogens with zero attached hydrogens (tertiary/aromatic N) is 4. The monoisotopic (exact) mass is 543 g/mol. The molecule has 1 aromatic heterocycles. The van der Waals surface area contributed by atoms with Crippen molar-refractivity contribution in [3.8, 4) is 0 Å². The van der Waals surface area contributed by atoms with Gasteiger partial charge in [-0.3, -0.25) is 9.69 Å². The minimum Gasteiger partial charge on any atom is -0.348 e. The molecular formula is C30H33N5O3S. The van der Waals surface area contributed by atoms with Gasteiger partial charge < -0.3 is 9.88 Å². The predicted molar refractivity (Wildman–Crippen MR) is 151 cm³/mol. The number of benzene rings is 3. The van der Waals surface area contributed by atoms with Crippen LogP contribution in [0.25, 0.3) is 0 Å². The first-order chi connectivity index (χ1) is 18.9. The molecule has 0 unspecified atom stereocenters. The number of carbonyl (C=O) groups excluding carboxylic acids is 1. The van der Waals surface area contributed by atoms with Gasteiger partial charge in [-0.2, -0.15) is 4.31 Å². The lowest BCUT2D eigenvalue weighted by atomic mass is 10.1. The molecule has 1 amide bonds. The molecule has 0 saturated carbocycles. The number of amides is 1. The van der Waals surface area contributed by atoms with Crippen LogP contribution in [0.3, 0.4) is 0 Å². The van der Waals surface area contributed by atoms with Crippen molar-refractivity contribution in [3.05, 3.63) is 119 Å². The minimum atomic E-state index is -3.45. The summed E-state index contributed by atoms with van der Waals surface area (Å²) in [6.07, 6.45) is 3.77. The van der Waals surface area contributed by atoms with Crippen LogP contribution in [-0.2, 0) is 29.7 Å². The van der Waals surface area contributed by atoms with E-state index in [9.17, 15) is 13.2 Å². The third-order valence-electron chi connectivity index (χ3n) is 7.09. The molecule has 1 aliphatic heterocycles. The van der Waals surface area contributed by atoms with Crippen molar-refractivity contribution in [2.45, 2.75) is 31.5 Å². The lowest BCUT2D eigenvalue weighted by Gasteiger charge is -2.34. The Morgan fingerprint density at radius 2 is 1.44 bits per heavy atom. The second-order valence-corrected chi connectivity index (χ2v) is 11.7. The summed E-state index contributed by atoms with van der Waals surface area (Å²) in [5, 5.41) is 3.00. The molecule has 0 radical (unpaired) electrons. The summed E-state index contributed by atoms with van der Waals surface area (Å²) in [5.41, 5.74) is 3.93. The van der Waals surface area contributed by atoms with Crippen molar-refractivity contribution < 1.29 is 13.2 Å². The molecule has 2 heterocycles. The molecule has 3 aromatic carbocycles. The summed E-state index contributed by atoms with van der Waals surface area (Å²) in [6.45, 7) is 6.17. The van der Waals surface area contributed by atoms with Gasteiger partial charge in [0.1, 0.15) is 5.82 Å². The quantitative estimate of drug-likeness (QED) is 0.348. The summed E-state index contributed by atoms with van der Waals surface area (Å²) >= 11 is 0. The molecule has 202 valence electrons. The Labute approximate surface area is 230 Å². The van der Waals surface area contributed by atoms with Gasteiger partial charge in [-0.1, -0.05) is 54.6 Å². The highest BCUT2D eigenvalue weighted by Gasteiger charge is 2.28. The Balaban J connectivity index is 1.08. The zero-order valence-corrected chi connectivity index (χ0v) is 22.8. The average molecular weight is 544 g/mol. The maximum Gasteiger partial charge on any atom is 0.251 e. The van der Waals surface area contributed by atoms with Crippen molar-refractivity contribution in [2.75, 3.05) is 26.2 Å². The number of piperazine rings is 1. The lowest BCUT2D eigenvalue weighted by Crippen LogP contribution is -2.48. The molecule has 1 saturated heterocycles. The highest BCUT2D eigenvalue weighted by atomic mass is 32.2. The van der Waals surface area contributed by atoms with Gasteiger partial charge >= 0.3 is 0 Å². The second-order valence-electron chi connectivity index (χ2n) is 9.79. The van der Waals surface area contributed by atoms with E-state index in [1.807, 2.05) is 55.6 Å². The van der Waals surface area contributed by atoms with E-state index < -0.39 is 10.0 Å². The minimum absolute atomic E-state index is 0.112. The van der Waals surface area contributed by atoms with Gasteiger partial charge in [0.2, 0.25) is 10.0 Å². The Hall–Kier alpha value is -3.79. The van der Waals surface area contributed by atoms with Gasteiger partial charge in [0.25, 0.3) is 5.91 Å². The topological polar surface area (TPSA) is 87.5 Å². The summed E-state index contributed by atoms with van der Waals surface area (Å²) in [7, 11) is -3.45. The molecule has 39 heavy (non-hydrogen) atoms. The molecule has 1 aliphatic rings. The maximum atomic E-state index is 12.8. The first-order valence-corrected chi connectivity index (χ1v) is 14.5. The number of carbonyl (C=O) groups is 1. The van der Waals surface area contributed by atoms with Crippen LogP contribution in [0.1, 0.15) is 32.9 Å². The molecule has 1 fully saturated rings. The molecule has 9 heteroatoms. The van der Waals surface area contributed by atoms with Crippen LogP contribution in [0.2, 0.25) is 0 Å². The Bertz CT molecular complexity index is 1490. The van der Waals surface area contributed by atoms with E-state index in [2.05, 4.69) is 31.9 Å². The van der Waals surface area contributed by atoms with Crippen molar-refractivity contribution in [1.82, 2.24) is 24.1 Å². The summed E-state index contributed by atoms with van der Waals surface area (Å²) in [6, 6.07) is 24.4. The van der Waals surface area contributed by atoms with Gasteiger partial charge in [0.05, 0.1) is 4.90 Å². The van der Waals surface area contributed by atoms with Gasteiger partial charge in [-0.25, -0.2) is 13.4 Å². The number of hydrogen-bond acceptors (Lipinski definition) is 5. The molecule has 5 rings (SSSR count). The van der Waals surface area contributed by atoms with Crippen molar-refractivity contribution in [3.63, 3.8) is 0 Å². The molecule has 0 atom stereocenters. The maximum absolute atomic E-state index is 12.8. The number of nitrogens with one attached hydrogen (secondary N) is 1. The van der Waals surface area contributed by atoms with Crippen molar-refractivity contribution in [2.24, 2.45) is 0 Å². The molecule has 0 aliphatic carbocycles. The molecule has 4 aromatic rings. The van der Waals surface area contributed by atoms with Crippen molar-refractivity contribution >= 4 is 15.9 Å². The molecule has 0 bridgehead atoms. The number of sulfonamides is 1. The first-order valence-electron chi connectivity index (χ1n) is 13.1. The van der Waals surface area contributed by atoms with Crippen LogP contribution < -0.4 is 5.32 Å². The summed E-state index contributed by atoms with van der Waals surface area (Å²) in [4.78, 5) is 19.5. The Kier molecular flexibility index (Phi) is 8.21. The van der Waals surface area contributed by atoms with E-state index in [4.69, 9.17) is 0 Å². The molecular weight excluding hydrogens is 510 g/mol. The molecule has 1 N–H and O–H groups in total. The van der Waals surface area contributed by atoms with Crippen LogP contribution in [-0.4, -0.2) is 59.3 Å². The Morgan fingerprint density at radius 3 is 2.08 bits per heavy atom. The zero-order chi connectivity index (χ0) is 27.2. The van der Waals surface area contributed by atoms with E-state index in [1.165, 1.54) is 5.56 Å². The summed E-state index contributed by atoms with van der Waals surface area (Å²) < 4.78 is 29.3. The average Bonchev–Trinajstić information content (AvgIpc) is 3.37. The van der Waals surface area contributed by atoms with E-state index in [0.29, 0.717) is 49.7 Å². The van der Waals surface area contributed by atoms with Crippen LogP contribution in [0, 0.1) is 6.92 Å². The first kappa shape index (κ1) is 26.8. The number of rotatable bonds is 9. The number of aryl methyl sites for hydroxylation is 1. The molecule has 8 nitrogen and oxygen atoms in total.